The highest BCUT2D eigenvalue weighted by atomic mass is 32.1. The topological polar surface area (TPSA) is 20.3 Å². The van der Waals surface area contributed by atoms with E-state index in [1.54, 1.807) is 0 Å². The van der Waals surface area contributed by atoms with Gasteiger partial charge in [0.2, 0.25) is 0 Å². The van der Waals surface area contributed by atoms with Crippen molar-refractivity contribution in [3.63, 3.8) is 0 Å². The molecule has 0 spiro atoms. The molecule has 0 aliphatic carbocycles. The van der Waals surface area contributed by atoms with Crippen molar-refractivity contribution in [1.29, 1.82) is 0 Å². The average molecular weight is 237 g/mol. The molecule has 88 valence electrons. The summed E-state index contributed by atoms with van der Waals surface area (Å²) in [5.74, 6) is 0. The highest BCUT2D eigenvalue weighted by Gasteiger charge is 2.20. The molecule has 0 amide bonds. The second-order valence-corrected chi connectivity index (χ2v) is 4.90. The lowest BCUT2D eigenvalue weighted by molar-refractivity contribution is 0.297. The molecular weight excluding hydrogens is 218 g/mol. The number of hydrogen-bond acceptors (Lipinski definition) is 1. The van der Waals surface area contributed by atoms with Crippen molar-refractivity contribution in [3.8, 4) is 0 Å². The van der Waals surface area contributed by atoms with Gasteiger partial charge in [0.05, 0.1) is 0 Å². The summed E-state index contributed by atoms with van der Waals surface area (Å²) in [6, 6.07) is 10.5. The summed E-state index contributed by atoms with van der Waals surface area (Å²) in [7, 11) is 0. The molecule has 1 aromatic rings. The van der Waals surface area contributed by atoms with E-state index < -0.39 is 0 Å². The minimum Gasteiger partial charge on any atom is -0.258 e. The van der Waals surface area contributed by atoms with Crippen LogP contribution in [0.5, 0.6) is 0 Å². The van der Waals surface area contributed by atoms with Crippen LogP contribution in [0, 0.1) is 0 Å². The Labute approximate surface area is 101 Å². The SMILES string of the molecule is CC(C)N(C(=S=O)c1ccccc1)C(C)C. The summed E-state index contributed by atoms with van der Waals surface area (Å²) in [5.41, 5.74) is 1.00. The predicted octanol–water partition coefficient (Wildman–Crippen LogP) is 2.50. The van der Waals surface area contributed by atoms with Crippen molar-refractivity contribution in [2.75, 3.05) is 0 Å². The average Bonchev–Trinajstić information content (AvgIpc) is 2.25. The Morgan fingerprint density at radius 3 is 1.94 bits per heavy atom. The van der Waals surface area contributed by atoms with Gasteiger partial charge in [-0.2, -0.15) is 0 Å². The predicted molar refractivity (Wildman–Crippen MR) is 70.8 cm³/mol. The molecule has 0 aromatic heterocycles. The van der Waals surface area contributed by atoms with Gasteiger partial charge >= 0.3 is 0 Å². The molecule has 0 N–H and O–H groups in total. The van der Waals surface area contributed by atoms with Crippen LogP contribution < -0.4 is 0 Å². The second kappa shape index (κ2) is 5.97. The van der Waals surface area contributed by atoms with Crippen LogP contribution >= 0.6 is 0 Å². The molecule has 1 aromatic carbocycles. The molecule has 3 heteroatoms. The van der Waals surface area contributed by atoms with E-state index in [9.17, 15) is 4.21 Å². The third kappa shape index (κ3) is 3.03. The fourth-order valence-electron chi connectivity index (χ4n) is 1.89. The molecule has 16 heavy (non-hydrogen) atoms. The zero-order chi connectivity index (χ0) is 12.1. The molecule has 0 aliphatic rings. The van der Waals surface area contributed by atoms with Gasteiger partial charge in [-0.1, -0.05) is 30.3 Å². The Morgan fingerprint density at radius 2 is 1.56 bits per heavy atom. The smallest absolute Gasteiger partial charge is 0.120 e. The van der Waals surface area contributed by atoms with Gasteiger partial charge in [0.15, 0.2) is 0 Å². The van der Waals surface area contributed by atoms with Crippen molar-refractivity contribution in [1.82, 2.24) is 4.90 Å². The lowest BCUT2D eigenvalue weighted by Crippen LogP contribution is -2.42. The minimum atomic E-state index is 0.330. The van der Waals surface area contributed by atoms with Crippen LogP contribution in [0.4, 0.5) is 0 Å². The first kappa shape index (κ1) is 13.1. The van der Waals surface area contributed by atoms with Crippen molar-refractivity contribution >= 4 is 16.2 Å². The standard InChI is InChI=1S/C13H19NOS/c1-10(2)14(11(3)4)13(16-15)12-8-6-5-7-9-12/h5-11H,1-4H3. The number of hydrogen-bond donors (Lipinski definition) is 0. The van der Waals surface area contributed by atoms with E-state index in [1.807, 2.05) is 30.3 Å². The van der Waals surface area contributed by atoms with Gasteiger partial charge in [-0.3, -0.25) is 4.90 Å². The van der Waals surface area contributed by atoms with Crippen LogP contribution in [0.1, 0.15) is 33.3 Å². The van der Waals surface area contributed by atoms with Gasteiger partial charge in [0.25, 0.3) is 0 Å². The second-order valence-electron chi connectivity index (χ2n) is 4.35. The maximum absolute atomic E-state index is 11.3. The number of nitrogens with zero attached hydrogens (tertiary/aromatic N) is 1. The first-order valence-corrected chi connectivity index (χ1v) is 6.32. The molecular formula is C13H19NOS. The van der Waals surface area contributed by atoms with E-state index in [4.69, 9.17) is 0 Å². The van der Waals surface area contributed by atoms with Crippen LogP contribution in [0.25, 0.3) is 0 Å². The first-order chi connectivity index (χ1) is 7.57. The van der Waals surface area contributed by atoms with E-state index in [1.165, 1.54) is 0 Å². The highest BCUT2D eigenvalue weighted by Crippen LogP contribution is 2.11. The molecule has 0 heterocycles. The van der Waals surface area contributed by atoms with Gasteiger partial charge < -0.3 is 0 Å². The van der Waals surface area contributed by atoms with E-state index >= 15 is 0 Å². The number of benzene rings is 1. The summed E-state index contributed by atoms with van der Waals surface area (Å²) in [6.07, 6.45) is 0. The molecule has 1 rings (SSSR count). The van der Waals surface area contributed by atoms with Gasteiger partial charge in [0.1, 0.15) is 16.2 Å². The fraction of sp³-hybridized carbons (Fsp3) is 0.462. The van der Waals surface area contributed by atoms with Crippen molar-refractivity contribution in [2.24, 2.45) is 0 Å². The van der Waals surface area contributed by atoms with Crippen molar-refractivity contribution < 1.29 is 4.21 Å². The van der Waals surface area contributed by atoms with Gasteiger partial charge in [-0.05, 0) is 27.7 Å². The molecule has 0 unspecified atom stereocenters. The number of rotatable bonds is 3. The van der Waals surface area contributed by atoms with Crippen LogP contribution in [-0.2, 0) is 11.3 Å². The van der Waals surface area contributed by atoms with E-state index in [0.717, 1.165) is 10.6 Å². The quantitative estimate of drug-likeness (QED) is 0.753. The molecule has 0 saturated heterocycles. The van der Waals surface area contributed by atoms with Crippen molar-refractivity contribution in [2.45, 2.75) is 39.8 Å². The zero-order valence-electron chi connectivity index (χ0n) is 10.3. The molecule has 0 atom stereocenters. The van der Waals surface area contributed by atoms with Crippen LogP contribution in [0.3, 0.4) is 0 Å². The summed E-state index contributed by atoms with van der Waals surface area (Å²) < 4.78 is 11.3. The Hall–Kier alpha value is -0.930. The third-order valence-corrected chi connectivity index (χ3v) is 3.05. The van der Waals surface area contributed by atoms with Gasteiger partial charge in [0, 0.05) is 17.6 Å². The maximum atomic E-state index is 11.3. The van der Waals surface area contributed by atoms with E-state index in [0.29, 0.717) is 23.3 Å². The third-order valence-electron chi connectivity index (χ3n) is 2.45. The van der Waals surface area contributed by atoms with Gasteiger partial charge in [-0.15, -0.1) is 0 Å². The van der Waals surface area contributed by atoms with Gasteiger partial charge in [-0.25, -0.2) is 4.21 Å². The van der Waals surface area contributed by atoms with Crippen LogP contribution in [0.2, 0.25) is 0 Å². The molecule has 0 fully saturated rings. The van der Waals surface area contributed by atoms with Crippen LogP contribution in [0.15, 0.2) is 30.3 Å². The Bertz CT molecular complexity index is 372. The minimum absolute atomic E-state index is 0.330. The molecule has 0 aliphatic heterocycles. The molecule has 0 bridgehead atoms. The lowest BCUT2D eigenvalue weighted by atomic mass is 10.1. The van der Waals surface area contributed by atoms with E-state index in [2.05, 4.69) is 32.6 Å². The Morgan fingerprint density at radius 1 is 1.06 bits per heavy atom. The zero-order valence-corrected chi connectivity index (χ0v) is 11.1. The molecule has 0 radical (unpaired) electrons. The molecule has 2 nitrogen and oxygen atoms in total. The summed E-state index contributed by atoms with van der Waals surface area (Å²) in [6.45, 7) is 8.44. The van der Waals surface area contributed by atoms with Crippen molar-refractivity contribution in [3.05, 3.63) is 35.9 Å². The summed E-state index contributed by atoms with van der Waals surface area (Å²) in [4.78, 5) is 2.97. The largest absolute Gasteiger partial charge is 0.258 e. The Balaban J connectivity index is 3.12. The highest BCUT2D eigenvalue weighted by molar-refractivity contribution is 7.66. The Kier molecular flexibility index (Phi) is 4.90. The first-order valence-electron chi connectivity index (χ1n) is 5.58. The lowest BCUT2D eigenvalue weighted by Gasteiger charge is -2.30. The summed E-state index contributed by atoms with van der Waals surface area (Å²) in [5, 5.41) is 0. The molecule has 0 saturated carbocycles. The maximum Gasteiger partial charge on any atom is 0.120 e. The normalized spacial score (nSPS) is 11.2. The fourth-order valence-corrected chi connectivity index (χ4v) is 2.63. The monoisotopic (exact) mass is 237 g/mol. The van der Waals surface area contributed by atoms with Crippen LogP contribution in [-0.4, -0.2) is 26.2 Å². The van der Waals surface area contributed by atoms with E-state index in [-0.39, 0.29) is 0 Å². The summed E-state index contributed by atoms with van der Waals surface area (Å²) >= 11 is 0.580.